The van der Waals surface area contributed by atoms with E-state index in [2.05, 4.69) is 26.2 Å². The molecule has 0 spiro atoms. The van der Waals surface area contributed by atoms with Gasteiger partial charge in [-0.1, -0.05) is 29.8 Å². The van der Waals surface area contributed by atoms with Crippen LogP contribution >= 0.6 is 0 Å². The van der Waals surface area contributed by atoms with Gasteiger partial charge >= 0.3 is 0 Å². The Kier molecular flexibility index (Phi) is 2.36. The molecule has 0 saturated heterocycles. The Morgan fingerprint density at radius 1 is 1.43 bits per heavy atom. The van der Waals surface area contributed by atoms with Gasteiger partial charge in [0.05, 0.1) is 0 Å². The van der Waals surface area contributed by atoms with E-state index in [0.29, 0.717) is 5.95 Å². The van der Waals surface area contributed by atoms with Crippen LogP contribution in [-0.4, -0.2) is 21.4 Å². The summed E-state index contributed by atoms with van der Waals surface area (Å²) in [7, 11) is 0. The van der Waals surface area contributed by atoms with E-state index in [0.717, 1.165) is 5.56 Å². The van der Waals surface area contributed by atoms with Gasteiger partial charge in [0.25, 0.3) is 5.95 Å². The van der Waals surface area contributed by atoms with Gasteiger partial charge in [-0.2, -0.15) is 4.98 Å². The molecule has 1 heterocycles. The molecular formula is C10H10N4. The van der Waals surface area contributed by atoms with Crippen molar-refractivity contribution in [3.8, 4) is 0 Å². The Morgan fingerprint density at radius 2 is 2.36 bits per heavy atom. The second kappa shape index (κ2) is 3.83. The van der Waals surface area contributed by atoms with Gasteiger partial charge in [-0.25, -0.2) is 4.99 Å². The van der Waals surface area contributed by atoms with Gasteiger partial charge in [-0.3, -0.25) is 5.10 Å². The lowest BCUT2D eigenvalue weighted by atomic mass is 10.2. The summed E-state index contributed by atoms with van der Waals surface area (Å²) in [5.74, 6) is 0.450. The highest BCUT2D eigenvalue weighted by molar-refractivity contribution is 5.81. The third-order valence-electron chi connectivity index (χ3n) is 1.77. The van der Waals surface area contributed by atoms with Crippen molar-refractivity contribution in [2.45, 2.75) is 6.92 Å². The zero-order valence-electron chi connectivity index (χ0n) is 7.81. The fraction of sp³-hybridized carbons (Fsp3) is 0.100. The summed E-state index contributed by atoms with van der Waals surface area (Å²) in [6, 6.07) is 8.08. The monoisotopic (exact) mass is 186 g/mol. The molecule has 4 nitrogen and oxygen atoms in total. The van der Waals surface area contributed by atoms with Gasteiger partial charge in [0.15, 0.2) is 0 Å². The smallest absolute Gasteiger partial charge is 0.264 e. The van der Waals surface area contributed by atoms with E-state index in [-0.39, 0.29) is 0 Å². The molecule has 0 aliphatic heterocycles. The summed E-state index contributed by atoms with van der Waals surface area (Å²) < 4.78 is 0. The lowest BCUT2D eigenvalue weighted by Gasteiger charge is -1.93. The first kappa shape index (κ1) is 8.62. The molecule has 70 valence electrons. The number of aromatic amines is 1. The Morgan fingerprint density at radius 3 is 3.07 bits per heavy atom. The lowest BCUT2D eigenvalue weighted by Crippen LogP contribution is -1.81. The van der Waals surface area contributed by atoms with Crippen LogP contribution < -0.4 is 0 Å². The molecule has 0 fully saturated rings. The van der Waals surface area contributed by atoms with Gasteiger partial charge < -0.3 is 0 Å². The average molecular weight is 186 g/mol. The number of aryl methyl sites for hydroxylation is 1. The van der Waals surface area contributed by atoms with Crippen molar-refractivity contribution in [3.63, 3.8) is 0 Å². The highest BCUT2D eigenvalue weighted by Crippen LogP contribution is 2.03. The zero-order valence-corrected chi connectivity index (χ0v) is 7.81. The minimum atomic E-state index is 0.450. The second-order valence-electron chi connectivity index (χ2n) is 2.97. The van der Waals surface area contributed by atoms with Gasteiger partial charge in [0.2, 0.25) is 0 Å². The maximum Gasteiger partial charge on any atom is 0.267 e. The quantitative estimate of drug-likeness (QED) is 0.728. The number of aliphatic imine (C=N–C) groups is 1. The molecule has 2 aromatic rings. The number of H-pyrrole nitrogens is 1. The van der Waals surface area contributed by atoms with E-state index >= 15 is 0 Å². The van der Waals surface area contributed by atoms with Crippen LogP contribution in [-0.2, 0) is 0 Å². The third kappa shape index (κ3) is 2.04. The topological polar surface area (TPSA) is 53.9 Å². The Hall–Kier alpha value is -1.97. The van der Waals surface area contributed by atoms with Gasteiger partial charge in [0, 0.05) is 6.21 Å². The number of hydrogen-bond acceptors (Lipinski definition) is 3. The number of nitrogens with zero attached hydrogens (tertiary/aromatic N) is 3. The molecule has 0 saturated carbocycles. The fourth-order valence-corrected chi connectivity index (χ4v) is 1.15. The highest BCUT2D eigenvalue weighted by atomic mass is 15.2. The van der Waals surface area contributed by atoms with E-state index in [1.54, 1.807) is 6.21 Å². The standard InChI is InChI=1S/C10H10N4/c1-8-3-2-4-9(5-8)6-11-10-12-7-13-14-10/h2-7H,1H3,(H,12,13,14)/b11-6+. The van der Waals surface area contributed by atoms with Gasteiger partial charge in [-0.05, 0) is 12.5 Å². The first-order chi connectivity index (χ1) is 6.84. The summed E-state index contributed by atoms with van der Waals surface area (Å²) >= 11 is 0. The first-order valence-electron chi connectivity index (χ1n) is 4.31. The Balaban J connectivity index is 2.18. The van der Waals surface area contributed by atoms with E-state index < -0.39 is 0 Å². The van der Waals surface area contributed by atoms with Crippen LogP contribution in [0.2, 0.25) is 0 Å². The summed E-state index contributed by atoms with van der Waals surface area (Å²) in [4.78, 5) is 7.99. The van der Waals surface area contributed by atoms with Gasteiger partial charge in [0.1, 0.15) is 6.33 Å². The fourth-order valence-electron chi connectivity index (χ4n) is 1.15. The van der Waals surface area contributed by atoms with Crippen molar-refractivity contribution >= 4 is 12.2 Å². The van der Waals surface area contributed by atoms with Crippen molar-refractivity contribution in [2.24, 2.45) is 4.99 Å². The Bertz CT molecular complexity index is 431. The molecule has 0 unspecified atom stereocenters. The zero-order chi connectivity index (χ0) is 9.80. The van der Waals surface area contributed by atoms with Crippen LogP contribution in [0.3, 0.4) is 0 Å². The molecule has 2 rings (SSSR count). The third-order valence-corrected chi connectivity index (χ3v) is 1.77. The molecule has 0 amide bonds. The molecule has 0 aliphatic carbocycles. The number of hydrogen-bond donors (Lipinski definition) is 1. The molecule has 0 atom stereocenters. The van der Waals surface area contributed by atoms with Gasteiger partial charge in [-0.15, -0.1) is 5.10 Å². The van der Waals surface area contributed by atoms with Crippen molar-refractivity contribution < 1.29 is 0 Å². The van der Waals surface area contributed by atoms with E-state index in [1.807, 2.05) is 25.1 Å². The predicted octanol–water partition coefficient (Wildman–Crippen LogP) is 1.86. The van der Waals surface area contributed by atoms with Crippen molar-refractivity contribution in [1.82, 2.24) is 15.2 Å². The first-order valence-corrected chi connectivity index (χ1v) is 4.31. The molecule has 14 heavy (non-hydrogen) atoms. The number of rotatable bonds is 2. The van der Waals surface area contributed by atoms with Crippen molar-refractivity contribution in [1.29, 1.82) is 0 Å². The van der Waals surface area contributed by atoms with Crippen molar-refractivity contribution in [2.75, 3.05) is 0 Å². The molecule has 1 N–H and O–H groups in total. The van der Waals surface area contributed by atoms with Crippen LogP contribution in [0.5, 0.6) is 0 Å². The average Bonchev–Trinajstić information content (AvgIpc) is 2.67. The van der Waals surface area contributed by atoms with Crippen molar-refractivity contribution in [3.05, 3.63) is 41.7 Å². The highest BCUT2D eigenvalue weighted by Gasteiger charge is 1.91. The normalized spacial score (nSPS) is 10.9. The van der Waals surface area contributed by atoms with Crippen LogP contribution in [0.25, 0.3) is 0 Å². The van der Waals surface area contributed by atoms with Crippen LogP contribution in [0, 0.1) is 6.92 Å². The summed E-state index contributed by atoms with van der Waals surface area (Å²) in [6.45, 7) is 2.05. The van der Waals surface area contributed by atoms with Crippen LogP contribution in [0.4, 0.5) is 5.95 Å². The summed E-state index contributed by atoms with van der Waals surface area (Å²) in [6.07, 6.45) is 3.25. The number of aromatic nitrogens is 3. The largest absolute Gasteiger partial charge is 0.267 e. The number of benzene rings is 1. The summed E-state index contributed by atoms with van der Waals surface area (Å²) in [5, 5.41) is 6.42. The van der Waals surface area contributed by atoms with E-state index in [4.69, 9.17) is 0 Å². The molecule has 0 bridgehead atoms. The maximum atomic E-state index is 4.10. The predicted molar refractivity (Wildman–Crippen MR) is 54.8 cm³/mol. The summed E-state index contributed by atoms with van der Waals surface area (Å²) in [5.41, 5.74) is 2.26. The van der Waals surface area contributed by atoms with E-state index in [9.17, 15) is 0 Å². The molecular weight excluding hydrogens is 176 g/mol. The molecule has 4 heteroatoms. The second-order valence-corrected chi connectivity index (χ2v) is 2.97. The molecule has 0 aliphatic rings. The molecule has 1 aromatic carbocycles. The Labute approximate surface area is 81.7 Å². The minimum Gasteiger partial charge on any atom is -0.264 e. The van der Waals surface area contributed by atoms with Crippen LogP contribution in [0.1, 0.15) is 11.1 Å². The molecule has 1 aromatic heterocycles. The minimum absolute atomic E-state index is 0.450. The van der Waals surface area contributed by atoms with Crippen LogP contribution in [0.15, 0.2) is 35.6 Å². The maximum absolute atomic E-state index is 4.10. The lowest BCUT2D eigenvalue weighted by molar-refractivity contribution is 1.08. The number of nitrogens with one attached hydrogen (secondary N) is 1. The van der Waals surface area contributed by atoms with E-state index in [1.165, 1.54) is 11.9 Å². The SMILES string of the molecule is Cc1cccc(/C=N/c2nc[nH]n2)c1. The molecule has 0 radical (unpaired) electrons.